The van der Waals surface area contributed by atoms with Gasteiger partial charge >= 0.3 is 0 Å². The van der Waals surface area contributed by atoms with Crippen molar-refractivity contribution < 1.29 is 14.7 Å². The molecular formula is C25H38O3. The van der Waals surface area contributed by atoms with Crippen LogP contribution in [0.2, 0.25) is 0 Å². The summed E-state index contributed by atoms with van der Waals surface area (Å²) >= 11 is 0. The number of rotatable bonds is 4. The summed E-state index contributed by atoms with van der Waals surface area (Å²) in [4.78, 5) is 25.1. The Kier molecular flexibility index (Phi) is 5.13. The van der Waals surface area contributed by atoms with Gasteiger partial charge in [-0.05, 0) is 99.4 Å². The van der Waals surface area contributed by atoms with E-state index in [2.05, 4.69) is 26.8 Å². The fraction of sp³-hybridized carbons (Fsp3) is 0.840. The summed E-state index contributed by atoms with van der Waals surface area (Å²) in [6, 6.07) is 0. The molecule has 0 saturated heterocycles. The number of carbonyl (C=O) groups excluding carboxylic acids is 2. The minimum absolute atomic E-state index is 0.109. The number of aliphatic hydroxyl groups excluding tert-OH is 1. The number of hydrogen-bond acceptors (Lipinski definition) is 3. The molecule has 1 N–H and O–H groups in total. The summed E-state index contributed by atoms with van der Waals surface area (Å²) in [5, 5.41) is 10.2. The first kappa shape index (κ1) is 20.3. The molecule has 4 aliphatic carbocycles. The lowest BCUT2D eigenvalue weighted by atomic mass is 9.48. The van der Waals surface area contributed by atoms with Gasteiger partial charge in [0.2, 0.25) is 0 Å². The molecule has 0 aliphatic heterocycles. The van der Waals surface area contributed by atoms with Crippen LogP contribution in [0.3, 0.4) is 0 Å². The molecule has 0 amide bonds. The molecule has 8 atom stereocenters. The molecule has 2 unspecified atom stereocenters. The van der Waals surface area contributed by atoms with E-state index in [4.69, 9.17) is 0 Å². The van der Waals surface area contributed by atoms with Gasteiger partial charge in [-0.25, -0.2) is 0 Å². The van der Waals surface area contributed by atoms with E-state index >= 15 is 0 Å². The van der Waals surface area contributed by atoms with E-state index in [-0.39, 0.29) is 22.7 Å². The average Bonchev–Trinajstić information content (AvgIpc) is 3.00. The van der Waals surface area contributed by atoms with Gasteiger partial charge in [-0.3, -0.25) is 4.79 Å². The second-order valence-electron chi connectivity index (χ2n) is 11.0. The lowest BCUT2D eigenvalue weighted by molar-refractivity contribution is -0.132. The third-order valence-electron chi connectivity index (χ3n) is 9.61. The van der Waals surface area contributed by atoms with Crippen molar-refractivity contribution in [1.29, 1.82) is 0 Å². The van der Waals surface area contributed by atoms with Crippen molar-refractivity contribution in [3.8, 4) is 0 Å². The van der Waals surface area contributed by atoms with Crippen LogP contribution in [-0.2, 0) is 9.59 Å². The highest BCUT2D eigenvalue weighted by Gasteiger charge is 2.60. The Bertz CT molecular complexity index is 694. The smallest absolute Gasteiger partial charge is 0.162 e. The van der Waals surface area contributed by atoms with Crippen molar-refractivity contribution in [2.45, 2.75) is 91.6 Å². The van der Waals surface area contributed by atoms with E-state index in [1.54, 1.807) is 6.92 Å². The van der Waals surface area contributed by atoms with Crippen LogP contribution in [0.25, 0.3) is 0 Å². The number of ketones is 2. The molecule has 0 radical (unpaired) electrons. The first-order chi connectivity index (χ1) is 13.2. The molecule has 0 bridgehead atoms. The molecule has 0 aromatic rings. The fourth-order valence-electron chi connectivity index (χ4n) is 7.87. The SMILES string of the molecule is CC(=O)CC[C@@H](C)[C@H]1CCC2C3CC[C@@H]4C[C@H](O)CC[C@]4(C)C3=CC(=O)[C@@]21C. The zero-order chi connectivity index (χ0) is 20.3. The summed E-state index contributed by atoms with van der Waals surface area (Å²) in [6.07, 6.45) is 10.9. The van der Waals surface area contributed by atoms with Gasteiger partial charge in [-0.15, -0.1) is 0 Å². The van der Waals surface area contributed by atoms with E-state index < -0.39 is 0 Å². The normalized spacial score (nSPS) is 46.2. The van der Waals surface area contributed by atoms with E-state index in [0.29, 0.717) is 41.8 Å². The van der Waals surface area contributed by atoms with Crippen LogP contribution < -0.4 is 0 Å². The van der Waals surface area contributed by atoms with Gasteiger partial charge in [0.15, 0.2) is 5.78 Å². The van der Waals surface area contributed by atoms with Crippen LogP contribution in [0, 0.1) is 40.4 Å². The highest BCUT2D eigenvalue weighted by Crippen LogP contribution is 2.65. The van der Waals surface area contributed by atoms with Crippen molar-refractivity contribution in [2.24, 2.45) is 40.4 Å². The summed E-state index contributed by atoms with van der Waals surface area (Å²) in [5.41, 5.74) is 1.29. The third-order valence-corrected chi connectivity index (χ3v) is 9.61. The van der Waals surface area contributed by atoms with Crippen molar-refractivity contribution >= 4 is 11.6 Å². The second-order valence-corrected chi connectivity index (χ2v) is 11.0. The number of allylic oxidation sites excluding steroid dienone is 2. The van der Waals surface area contributed by atoms with Gasteiger partial charge in [0.05, 0.1) is 6.10 Å². The van der Waals surface area contributed by atoms with E-state index in [0.717, 1.165) is 38.5 Å². The molecule has 3 saturated carbocycles. The Morgan fingerprint density at radius 2 is 1.96 bits per heavy atom. The average molecular weight is 387 g/mol. The molecular weight excluding hydrogens is 348 g/mol. The Morgan fingerprint density at radius 3 is 2.68 bits per heavy atom. The number of Topliss-reactive ketones (excluding diaryl/α,β-unsaturated/α-hetero) is 1. The van der Waals surface area contributed by atoms with Crippen molar-refractivity contribution in [3.63, 3.8) is 0 Å². The van der Waals surface area contributed by atoms with Crippen molar-refractivity contribution in [2.75, 3.05) is 0 Å². The summed E-state index contributed by atoms with van der Waals surface area (Å²) in [5.74, 6) is 2.99. The highest BCUT2D eigenvalue weighted by atomic mass is 16.3. The Morgan fingerprint density at radius 1 is 1.21 bits per heavy atom. The summed E-state index contributed by atoms with van der Waals surface area (Å²) in [7, 11) is 0. The maximum atomic E-state index is 13.6. The van der Waals surface area contributed by atoms with Gasteiger partial charge in [-0.1, -0.05) is 26.3 Å². The van der Waals surface area contributed by atoms with Crippen LogP contribution in [0.5, 0.6) is 0 Å². The van der Waals surface area contributed by atoms with Gasteiger partial charge in [0, 0.05) is 11.8 Å². The predicted molar refractivity (Wildman–Crippen MR) is 111 cm³/mol. The van der Waals surface area contributed by atoms with Crippen LogP contribution in [0.1, 0.15) is 85.5 Å². The molecule has 3 nitrogen and oxygen atoms in total. The maximum absolute atomic E-state index is 13.6. The van der Waals surface area contributed by atoms with E-state index in [1.165, 1.54) is 18.4 Å². The number of hydrogen-bond donors (Lipinski definition) is 1. The molecule has 28 heavy (non-hydrogen) atoms. The minimum atomic E-state index is -0.248. The summed E-state index contributed by atoms with van der Waals surface area (Å²) < 4.78 is 0. The number of aliphatic hydroxyl groups is 1. The van der Waals surface area contributed by atoms with Gasteiger partial charge in [0.25, 0.3) is 0 Å². The van der Waals surface area contributed by atoms with Crippen LogP contribution in [0.15, 0.2) is 11.6 Å². The van der Waals surface area contributed by atoms with Gasteiger partial charge < -0.3 is 9.90 Å². The zero-order valence-electron chi connectivity index (χ0n) is 18.2. The van der Waals surface area contributed by atoms with Crippen LogP contribution in [0.4, 0.5) is 0 Å². The lowest BCUT2D eigenvalue weighted by Crippen LogP contribution is -2.52. The molecule has 0 spiro atoms. The largest absolute Gasteiger partial charge is 0.393 e. The number of fused-ring (bicyclic) bond motifs is 5. The first-order valence-electron chi connectivity index (χ1n) is 11.6. The quantitative estimate of drug-likeness (QED) is 0.730. The minimum Gasteiger partial charge on any atom is -0.393 e. The zero-order valence-corrected chi connectivity index (χ0v) is 18.2. The van der Waals surface area contributed by atoms with E-state index in [1.807, 2.05) is 0 Å². The van der Waals surface area contributed by atoms with Crippen LogP contribution in [-0.4, -0.2) is 22.8 Å². The standard InChI is InChI=1S/C25H38O3/c1-15(5-6-16(2)26)20-9-10-21-19-8-7-17-13-18(27)11-12-24(17,3)22(19)14-23(28)25(20,21)4/h14-15,17-21,27H,5-13H2,1-4H3/t15-,17-,18-,19?,20-,21?,24+,25-/m1/s1. The maximum Gasteiger partial charge on any atom is 0.162 e. The molecule has 4 aliphatic rings. The molecule has 3 heteroatoms. The number of carbonyl (C=O) groups is 2. The molecule has 3 fully saturated rings. The van der Waals surface area contributed by atoms with Gasteiger partial charge in [-0.2, -0.15) is 0 Å². The van der Waals surface area contributed by atoms with Crippen LogP contribution >= 0.6 is 0 Å². The lowest BCUT2D eigenvalue weighted by Gasteiger charge is -2.56. The second kappa shape index (κ2) is 7.07. The van der Waals surface area contributed by atoms with E-state index in [9.17, 15) is 14.7 Å². The first-order valence-corrected chi connectivity index (χ1v) is 11.6. The van der Waals surface area contributed by atoms with Crippen molar-refractivity contribution in [1.82, 2.24) is 0 Å². The Labute approximate surface area is 170 Å². The summed E-state index contributed by atoms with van der Waals surface area (Å²) in [6.45, 7) is 8.55. The topological polar surface area (TPSA) is 54.4 Å². The molecule has 0 heterocycles. The monoisotopic (exact) mass is 386 g/mol. The van der Waals surface area contributed by atoms with Gasteiger partial charge in [0.1, 0.15) is 5.78 Å². The highest BCUT2D eigenvalue weighted by molar-refractivity contribution is 5.97. The molecule has 156 valence electrons. The third kappa shape index (κ3) is 2.95. The molecule has 0 aromatic heterocycles. The Hall–Kier alpha value is -0.960. The predicted octanol–water partition coefficient (Wildman–Crippen LogP) is 5.11. The van der Waals surface area contributed by atoms with Crippen molar-refractivity contribution in [3.05, 3.63) is 11.6 Å². The Balaban J connectivity index is 1.63. The molecule has 4 rings (SSSR count). The molecule has 0 aromatic carbocycles. The fourth-order valence-corrected chi connectivity index (χ4v) is 7.87.